The van der Waals surface area contributed by atoms with Gasteiger partial charge < -0.3 is 15.0 Å². The minimum atomic E-state index is -0.196. The van der Waals surface area contributed by atoms with Crippen molar-refractivity contribution in [2.75, 3.05) is 19.8 Å². The van der Waals surface area contributed by atoms with Crippen LogP contribution < -0.4 is 5.32 Å². The molecule has 1 aromatic rings. The maximum absolute atomic E-state index is 12.5. The molecular weight excluding hydrogens is 242 g/mol. The summed E-state index contributed by atoms with van der Waals surface area (Å²) in [6.45, 7) is 2.51. The van der Waals surface area contributed by atoms with Crippen molar-refractivity contribution >= 4 is 5.91 Å². The molecule has 2 heterocycles. The van der Waals surface area contributed by atoms with E-state index >= 15 is 0 Å². The number of pyridine rings is 1. The highest BCUT2D eigenvalue weighted by Crippen LogP contribution is 2.28. The van der Waals surface area contributed by atoms with Crippen molar-refractivity contribution < 1.29 is 9.53 Å². The van der Waals surface area contributed by atoms with Gasteiger partial charge in [0.25, 0.3) is 0 Å². The van der Waals surface area contributed by atoms with Crippen molar-refractivity contribution in [1.82, 2.24) is 15.2 Å². The summed E-state index contributed by atoms with van der Waals surface area (Å²) in [7, 11) is 0. The Morgan fingerprint density at radius 1 is 1.47 bits per heavy atom. The monoisotopic (exact) mass is 261 g/mol. The fraction of sp³-hybridized carbons (Fsp3) is 0.571. The average molecular weight is 261 g/mol. The summed E-state index contributed by atoms with van der Waals surface area (Å²) in [5.74, 6) is 0.146. The number of carbonyl (C=O) groups excluding carboxylic acids is 1. The number of ether oxygens (including phenoxy) is 1. The molecule has 5 heteroatoms. The smallest absolute Gasteiger partial charge is 0.242 e. The van der Waals surface area contributed by atoms with Gasteiger partial charge in [-0.25, -0.2) is 0 Å². The van der Waals surface area contributed by atoms with Gasteiger partial charge in [0, 0.05) is 18.8 Å². The molecule has 1 saturated heterocycles. The normalized spacial score (nSPS) is 23.1. The highest BCUT2D eigenvalue weighted by Gasteiger charge is 2.36. The van der Waals surface area contributed by atoms with E-state index in [1.807, 2.05) is 23.1 Å². The summed E-state index contributed by atoms with van der Waals surface area (Å²) in [5, 5.41) is 3.23. The third-order valence-corrected chi connectivity index (χ3v) is 3.55. The lowest BCUT2D eigenvalue weighted by Gasteiger charge is -2.30. The van der Waals surface area contributed by atoms with Crippen LogP contribution in [0, 0.1) is 0 Å². The Hall–Kier alpha value is -1.46. The second kappa shape index (κ2) is 5.67. The highest BCUT2D eigenvalue weighted by molar-refractivity contribution is 5.82. The van der Waals surface area contributed by atoms with Gasteiger partial charge in [-0.05, 0) is 25.0 Å². The molecular formula is C14H19N3O2. The first-order valence-corrected chi connectivity index (χ1v) is 6.86. The van der Waals surface area contributed by atoms with Crippen LogP contribution in [0.1, 0.15) is 18.5 Å². The van der Waals surface area contributed by atoms with E-state index in [0.717, 1.165) is 25.1 Å². The van der Waals surface area contributed by atoms with E-state index in [1.165, 1.54) is 0 Å². The maximum Gasteiger partial charge on any atom is 0.242 e. The Morgan fingerprint density at radius 2 is 2.37 bits per heavy atom. The number of hydrogen-bond acceptors (Lipinski definition) is 4. The Bertz CT molecular complexity index is 428. The van der Waals surface area contributed by atoms with Crippen molar-refractivity contribution in [3.63, 3.8) is 0 Å². The number of carbonyl (C=O) groups is 1. The fourth-order valence-electron chi connectivity index (χ4n) is 2.36. The van der Waals surface area contributed by atoms with Crippen molar-refractivity contribution in [2.24, 2.45) is 0 Å². The van der Waals surface area contributed by atoms with Crippen LogP contribution in [-0.4, -0.2) is 47.6 Å². The van der Waals surface area contributed by atoms with E-state index < -0.39 is 0 Å². The number of amides is 1. The number of hydrogen-bond donors (Lipinski definition) is 1. The summed E-state index contributed by atoms with van der Waals surface area (Å²) in [6.07, 6.45) is 3.98. The molecule has 1 aliphatic heterocycles. The summed E-state index contributed by atoms with van der Waals surface area (Å²) in [5.41, 5.74) is 0.944. The Labute approximate surface area is 113 Å². The summed E-state index contributed by atoms with van der Waals surface area (Å²) in [4.78, 5) is 18.8. The van der Waals surface area contributed by atoms with Gasteiger partial charge in [0.05, 0.1) is 25.5 Å². The van der Waals surface area contributed by atoms with Crippen molar-refractivity contribution in [1.29, 1.82) is 0 Å². The number of morpholine rings is 1. The molecule has 0 spiro atoms. The molecule has 3 rings (SSSR count). The van der Waals surface area contributed by atoms with Gasteiger partial charge in [-0.2, -0.15) is 0 Å². The number of aromatic nitrogens is 1. The lowest BCUT2D eigenvalue weighted by molar-refractivity contribution is -0.137. The fourth-order valence-corrected chi connectivity index (χ4v) is 2.36. The maximum atomic E-state index is 12.5. The van der Waals surface area contributed by atoms with Crippen molar-refractivity contribution in [2.45, 2.75) is 31.5 Å². The number of rotatable bonds is 4. The van der Waals surface area contributed by atoms with Gasteiger partial charge >= 0.3 is 0 Å². The minimum absolute atomic E-state index is 0.146. The first-order chi connectivity index (χ1) is 9.34. The zero-order valence-corrected chi connectivity index (χ0v) is 10.9. The first-order valence-electron chi connectivity index (χ1n) is 6.86. The predicted octanol–water partition coefficient (Wildman–Crippen LogP) is 0.561. The Kier molecular flexibility index (Phi) is 3.75. The lowest BCUT2D eigenvalue weighted by Crippen LogP contribution is -2.53. The molecule has 1 aromatic heterocycles. The third-order valence-electron chi connectivity index (χ3n) is 3.55. The topological polar surface area (TPSA) is 54.5 Å². The van der Waals surface area contributed by atoms with Crippen molar-refractivity contribution in [3.8, 4) is 0 Å². The van der Waals surface area contributed by atoms with Gasteiger partial charge in [-0.15, -0.1) is 0 Å². The molecule has 2 aliphatic rings. The van der Waals surface area contributed by atoms with E-state index in [0.29, 0.717) is 25.8 Å². The number of nitrogens with zero attached hydrogens (tertiary/aromatic N) is 2. The van der Waals surface area contributed by atoms with Crippen LogP contribution in [0.25, 0.3) is 0 Å². The largest absolute Gasteiger partial charge is 0.378 e. The predicted molar refractivity (Wildman–Crippen MR) is 70.4 cm³/mol. The molecule has 1 unspecified atom stereocenters. The van der Waals surface area contributed by atoms with Crippen LogP contribution >= 0.6 is 0 Å². The third kappa shape index (κ3) is 3.11. The van der Waals surface area contributed by atoms with Crippen molar-refractivity contribution in [3.05, 3.63) is 30.1 Å². The molecule has 1 atom stereocenters. The molecule has 1 saturated carbocycles. The standard InChI is InChI=1S/C14H19N3O2/c18-14(13-10-19-8-7-16-13)17(12-4-5-12)9-11-3-1-2-6-15-11/h1-3,6,12-13,16H,4-5,7-10H2. The molecule has 0 bridgehead atoms. The van der Waals surface area contributed by atoms with E-state index in [9.17, 15) is 4.79 Å². The molecule has 19 heavy (non-hydrogen) atoms. The molecule has 2 fully saturated rings. The van der Waals surface area contributed by atoms with Gasteiger partial charge in [0.1, 0.15) is 6.04 Å². The van der Waals surface area contributed by atoms with Gasteiger partial charge in [0.2, 0.25) is 5.91 Å². The zero-order valence-electron chi connectivity index (χ0n) is 10.9. The first kappa shape index (κ1) is 12.6. The molecule has 1 N–H and O–H groups in total. The van der Waals surface area contributed by atoms with Crippen LogP contribution in [0.3, 0.4) is 0 Å². The highest BCUT2D eigenvalue weighted by atomic mass is 16.5. The lowest BCUT2D eigenvalue weighted by atomic mass is 10.2. The van der Waals surface area contributed by atoms with Gasteiger partial charge in [0.15, 0.2) is 0 Å². The van der Waals surface area contributed by atoms with Crippen LogP contribution in [0.5, 0.6) is 0 Å². The molecule has 102 valence electrons. The Morgan fingerprint density at radius 3 is 3.00 bits per heavy atom. The second-order valence-corrected chi connectivity index (χ2v) is 5.10. The SMILES string of the molecule is O=C(C1COCCN1)N(Cc1ccccn1)C1CC1. The summed E-state index contributed by atoms with van der Waals surface area (Å²) >= 11 is 0. The van der Waals surface area contributed by atoms with E-state index in [2.05, 4.69) is 10.3 Å². The van der Waals surface area contributed by atoms with Gasteiger partial charge in [-0.3, -0.25) is 9.78 Å². The molecule has 1 aliphatic carbocycles. The molecule has 0 aromatic carbocycles. The quantitative estimate of drug-likeness (QED) is 0.860. The van der Waals surface area contributed by atoms with Crippen LogP contribution in [-0.2, 0) is 16.1 Å². The molecule has 0 radical (unpaired) electrons. The van der Waals surface area contributed by atoms with E-state index in [1.54, 1.807) is 6.20 Å². The van der Waals surface area contributed by atoms with Crippen LogP contribution in [0.15, 0.2) is 24.4 Å². The molecule has 5 nitrogen and oxygen atoms in total. The zero-order chi connectivity index (χ0) is 13.1. The van der Waals surface area contributed by atoms with E-state index in [4.69, 9.17) is 4.74 Å². The van der Waals surface area contributed by atoms with Crippen LogP contribution in [0.2, 0.25) is 0 Å². The Balaban J connectivity index is 1.68. The van der Waals surface area contributed by atoms with Crippen LogP contribution in [0.4, 0.5) is 0 Å². The average Bonchev–Trinajstić information content (AvgIpc) is 3.31. The minimum Gasteiger partial charge on any atom is -0.378 e. The summed E-state index contributed by atoms with van der Waals surface area (Å²) in [6, 6.07) is 6.01. The van der Waals surface area contributed by atoms with E-state index in [-0.39, 0.29) is 11.9 Å². The van der Waals surface area contributed by atoms with Gasteiger partial charge in [-0.1, -0.05) is 6.07 Å². The summed E-state index contributed by atoms with van der Waals surface area (Å²) < 4.78 is 5.38. The molecule has 1 amide bonds. The second-order valence-electron chi connectivity index (χ2n) is 5.10. The number of nitrogens with one attached hydrogen (secondary N) is 1.